The number of hydrogen-bond acceptors (Lipinski definition) is 5. The van der Waals surface area contributed by atoms with Crippen molar-refractivity contribution < 1.29 is 9.53 Å². The van der Waals surface area contributed by atoms with Gasteiger partial charge in [-0.25, -0.2) is 9.97 Å². The van der Waals surface area contributed by atoms with E-state index in [9.17, 15) is 4.79 Å². The lowest BCUT2D eigenvalue weighted by Gasteiger charge is -2.34. The fraction of sp³-hybridized carbons (Fsp3) is 0.312. The van der Waals surface area contributed by atoms with Crippen LogP contribution >= 0.6 is 0 Å². The number of aromatic nitrogens is 2. The molecule has 0 atom stereocenters. The van der Waals surface area contributed by atoms with E-state index in [1.54, 1.807) is 6.92 Å². The molecule has 0 spiro atoms. The number of anilines is 1. The molecule has 6 nitrogen and oxygen atoms in total. The number of piperazine rings is 1. The van der Waals surface area contributed by atoms with Gasteiger partial charge >= 0.3 is 0 Å². The van der Waals surface area contributed by atoms with Crippen LogP contribution in [0.3, 0.4) is 0 Å². The Hall–Kier alpha value is -2.63. The van der Waals surface area contributed by atoms with Crippen LogP contribution in [0.15, 0.2) is 42.7 Å². The third-order valence-corrected chi connectivity index (χ3v) is 3.64. The number of hydrogen-bond donors (Lipinski definition) is 0. The minimum Gasteiger partial charge on any atom is -0.439 e. The van der Waals surface area contributed by atoms with Gasteiger partial charge in [-0.3, -0.25) is 4.79 Å². The van der Waals surface area contributed by atoms with Crippen molar-refractivity contribution in [1.82, 2.24) is 14.9 Å². The topological polar surface area (TPSA) is 58.6 Å². The van der Waals surface area contributed by atoms with Crippen LogP contribution in [0.5, 0.6) is 11.6 Å². The molecule has 0 radical (unpaired) electrons. The first-order valence-electron chi connectivity index (χ1n) is 7.28. The van der Waals surface area contributed by atoms with Crippen LogP contribution in [-0.2, 0) is 4.79 Å². The molecule has 1 amide bonds. The monoisotopic (exact) mass is 298 g/mol. The van der Waals surface area contributed by atoms with Gasteiger partial charge < -0.3 is 14.5 Å². The third kappa shape index (κ3) is 3.33. The zero-order valence-corrected chi connectivity index (χ0v) is 12.5. The van der Waals surface area contributed by atoms with Crippen LogP contribution in [0.1, 0.15) is 6.92 Å². The Morgan fingerprint density at radius 2 is 1.82 bits per heavy atom. The van der Waals surface area contributed by atoms with Crippen LogP contribution in [0.25, 0.3) is 0 Å². The number of nitrogens with zero attached hydrogens (tertiary/aromatic N) is 4. The summed E-state index contributed by atoms with van der Waals surface area (Å²) < 4.78 is 5.73. The second-order valence-corrected chi connectivity index (χ2v) is 5.12. The number of para-hydroxylation sites is 1. The van der Waals surface area contributed by atoms with E-state index in [2.05, 4.69) is 14.9 Å². The van der Waals surface area contributed by atoms with Gasteiger partial charge in [0.05, 0.1) is 0 Å². The molecule has 3 rings (SSSR count). The maximum absolute atomic E-state index is 11.4. The van der Waals surface area contributed by atoms with Crippen LogP contribution in [-0.4, -0.2) is 47.0 Å². The smallest absolute Gasteiger partial charge is 0.224 e. The summed E-state index contributed by atoms with van der Waals surface area (Å²) in [5, 5.41) is 0. The molecule has 2 heterocycles. The third-order valence-electron chi connectivity index (χ3n) is 3.64. The molecule has 114 valence electrons. The average molecular weight is 298 g/mol. The summed E-state index contributed by atoms with van der Waals surface area (Å²) in [5.74, 6) is 2.21. The molecule has 2 aromatic rings. The maximum Gasteiger partial charge on any atom is 0.224 e. The Bertz CT molecular complexity index is 640. The minimum atomic E-state index is 0.121. The van der Waals surface area contributed by atoms with Gasteiger partial charge in [0.25, 0.3) is 0 Å². The highest BCUT2D eigenvalue weighted by Crippen LogP contribution is 2.22. The summed E-state index contributed by atoms with van der Waals surface area (Å²) in [5.41, 5.74) is 0. The van der Waals surface area contributed by atoms with Crippen molar-refractivity contribution >= 4 is 11.7 Å². The normalized spacial score (nSPS) is 14.8. The average Bonchev–Trinajstić information content (AvgIpc) is 2.56. The molecule has 1 aromatic heterocycles. The predicted octanol–water partition coefficient (Wildman–Crippen LogP) is 1.94. The van der Waals surface area contributed by atoms with Crippen LogP contribution < -0.4 is 9.64 Å². The molecule has 0 saturated carbocycles. The lowest BCUT2D eigenvalue weighted by atomic mass is 10.3. The predicted molar refractivity (Wildman–Crippen MR) is 83.0 cm³/mol. The Kier molecular flexibility index (Phi) is 4.18. The van der Waals surface area contributed by atoms with E-state index in [0.717, 1.165) is 24.7 Å². The lowest BCUT2D eigenvalue weighted by molar-refractivity contribution is -0.129. The second kappa shape index (κ2) is 6.43. The second-order valence-electron chi connectivity index (χ2n) is 5.12. The van der Waals surface area contributed by atoms with Crippen molar-refractivity contribution in [3.63, 3.8) is 0 Å². The maximum atomic E-state index is 11.4. The first-order chi connectivity index (χ1) is 10.7. The van der Waals surface area contributed by atoms with Gasteiger partial charge in [-0.05, 0) is 12.1 Å². The number of carbonyl (C=O) groups is 1. The SMILES string of the molecule is CC(=O)N1CCN(c2cc(Oc3ccccc3)ncn2)CC1. The summed E-state index contributed by atoms with van der Waals surface area (Å²) in [4.78, 5) is 23.8. The first-order valence-corrected chi connectivity index (χ1v) is 7.28. The van der Waals surface area contributed by atoms with E-state index in [1.165, 1.54) is 6.33 Å². The van der Waals surface area contributed by atoms with Gasteiger partial charge in [0.2, 0.25) is 11.8 Å². The summed E-state index contributed by atoms with van der Waals surface area (Å²) in [7, 11) is 0. The number of benzene rings is 1. The Labute approximate surface area is 129 Å². The molecule has 22 heavy (non-hydrogen) atoms. The van der Waals surface area contributed by atoms with E-state index < -0.39 is 0 Å². The van der Waals surface area contributed by atoms with Crippen molar-refractivity contribution in [3.8, 4) is 11.6 Å². The molecule has 1 aromatic carbocycles. The summed E-state index contributed by atoms with van der Waals surface area (Å²) in [6.45, 7) is 4.57. The number of carbonyl (C=O) groups excluding carboxylic acids is 1. The number of rotatable bonds is 3. The van der Waals surface area contributed by atoms with Crippen molar-refractivity contribution in [2.75, 3.05) is 31.1 Å². The molecule has 0 N–H and O–H groups in total. The van der Waals surface area contributed by atoms with Crippen molar-refractivity contribution in [2.24, 2.45) is 0 Å². The molecule has 6 heteroatoms. The summed E-state index contributed by atoms with van der Waals surface area (Å²) in [6.07, 6.45) is 1.50. The molecule has 1 fully saturated rings. The van der Waals surface area contributed by atoms with Gasteiger partial charge in [0.1, 0.15) is 17.9 Å². The van der Waals surface area contributed by atoms with E-state index in [1.807, 2.05) is 41.3 Å². The fourth-order valence-corrected chi connectivity index (χ4v) is 2.42. The largest absolute Gasteiger partial charge is 0.439 e. The van der Waals surface area contributed by atoms with Crippen LogP contribution in [0.4, 0.5) is 5.82 Å². The quantitative estimate of drug-likeness (QED) is 0.866. The van der Waals surface area contributed by atoms with Gasteiger partial charge in [0.15, 0.2) is 0 Å². The molecular formula is C16H18N4O2. The summed E-state index contributed by atoms with van der Waals surface area (Å²) >= 11 is 0. The molecule has 1 saturated heterocycles. The van der Waals surface area contributed by atoms with Gasteiger partial charge in [0, 0.05) is 39.2 Å². The fourth-order valence-electron chi connectivity index (χ4n) is 2.42. The van der Waals surface area contributed by atoms with E-state index in [0.29, 0.717) is 19.0 Å². The number of ether oxygens (including phenoxy) is 1. The highest BCUT2D eigenvalue weighted by Gasteiger charge is 2.20. The molecule has 1 aliphatic rings. The highest BCUT2D eigenvalue weighted by atomic mass is 16.5. The molecule has 0 bridgehead atoms. The van der Waals surface area contributed by atoms with E-state index >= 15 is 0 Å². The molecule has 0 unspecified atom stereocenters. The zero-order chi connectivity index (χ0) is 15.4. The van der Waals surface area contributed by atoms with Crippen molar-refractivity contribution in [2.45, 2.75) is 6.92 Å². The van der Waals surface area contributed by atoms with Crippen LogP contribution in [0.2, 0.25) is 0 Å². The molecule has 1 aliphatic heterocycles. The minimum absolute atomic E-state index is 0.121. The first kappa shape index (κ1) is 14.3. The van der Waals surface area contributed by atoms with Crippen LogP contribution in [0, 0.1) is 0 Å². The zero-order valence-electron chi connectivity index (χ0n) is 12.5. The Morgan fingerprint density at radius 3 is 2.50 bits per heavy atom. The lowest BCUT2D eigenvalue weighted by Crippen LogP contribution is -2.48. The van der Waals surface area contributed by atoms with Gasteiger partial charge in [-0.1, -0.05) is 18.2 Å². The molecule has 0 aliphatic carbocycles. The van der Waals surface area contributed by atoms with Crippen molar-refractivity contribution in [1.29, 1.82) is 0 Å². The Balaban J connectivity index is 1.68. The van der Waals surface area contributed by atoms with E-state index in [4.69, 9.17) is 4.74 Å². The standard InChI is InChI=1S/C16H18N4O2/c1-13(21)19-7-9-20(10-8-19)15-11-16(18-12-17-15)22-14-5-3-2-4-6-14/h2-6,11-12H,7-10H2,1H3. The number of amides is 1. The summed E-state index contributed by atoms with van der Waals surface area (Å²) in [6, 6.07) is 11.4. The van der Waals surface area contributed by atoms with Gasteiger partial charge in [-0.2, -0.15) is 0 Å². The van der Waals surface area contributed by atoms with E-state index in [-0.39, 0.29) is 5.91 Å². The van der Waals surface area contributed by atoms with Gasteiger partial charge in [-0.15, -0.1) is 0 Å². The highest BCUT2D eigenvalue weighted by molar-refractivity contribution is 5.73. The Morgan fingerprint density at radius 1 is 1.09 bits per heavy atom. The molecular weight excluding hydrogens is 280 g/mol. The van der Waals surface area contributed by atoms with Crippen molar-refractivity contribution in [3.05, 3.63) is 42.7 Å².